The van der Waals surface area contributed by atoms with Gasteiger partial charge in [0.15, 0.2) is 0 Å². The second kappa shape index (κ2) is 6.73. The maximum absolute atomic E-state index is 6.04. The molecule has 0 saturated heterocycles. The van der Waals surface area contributed by atoms with Gasteiger partial charge in [-0.15, -0.1) is 0 Å². The second-order valence-electron chi connectivity index (χ2n) is 4.10. The van der Waals surface area contributed by atoms with Crippen LogP contribution >= 0.6 is 23.2 Å². The highest BCUT2D eigenvalue weighted by Gasteiger charge is 2.10. The largest absolute Gasteiger partial charge is 0.368 e. The van der Waals surface area contributed by atoms with Crippen LogP contribution in [0.1, 0.15) is 13.8 Å². The van der Waals surface area contributed by atoms with Crippen LogP contribution in [0.2, 0.25) is 10.3 Å². The molecule has 0 aliphatic heterocycles. The first-order valence-electron chi connectivity index (χ1n) is 6.38. The third-order valence-electron chi connectivity index (χ3n) is 2.72. The molecule has 0 amide bonds. The van der Waals surface area contributed by atoms with Crippen LogP contribution in [0.4, 0.5) is 23.5 Å². The predicted molar refractivity (Wildman–Crippen MR) is 85.3 cm³/mol. The van der Waals surface area contributed by atoms with E-state index in [1.54, 1.807) is 6.07 Å². The zero-order chi connectivity index (χ0) is 15.4. The van der Waals surface area contributed by atoms with Crippen molar-refractivity contribution in [1.29, 1.82) is 0 Å². The van der Waals surface area contributed by atoms with Crippen LogP contribution in [0.3, 0.4) is 0 Å². The second-order valence-corrected chi connectivity index (χ2v) is 4.88. The van der Waals surface area contributed by atoms with Crippen molar-refractivity contribution in [2.75, 3.05) is 29.0 Å². The van der Waals surface area contributed by atoms with Crippen molar-refractivity contribution in [3.05, 3.63) is 22.4 Å². The van der Waals surface area contributed by atoms with E-state index >= 15 is 0 Å². The molecule has 3 N–H and O–H groups in total. The summed E-state index contributed by atoms with van der Waals surface area (Å²) in [5.41, 5.74) is 5.54. The van der Waals surface area contributed by atoms with E-state index in [9.17, 15) is 0 Å². The number of nitrogen functional groups attached to an aromatic ring is 1. The first-order chi connectivity index (χ1) is 10.0. The summed E-state index contributed by atoms with van der Waals surface area (Å²) in [6.45, 7) is 5.71. The number of aromatic nitrogens is 4. The van der Waals surface area contributed by atoms with Crippen LogP contribution in [-0.2, 0) is 0 Å². The molecule has 2 rings (SSSR count). The molecule has 0 spiro atoms. The third kappa shape index (κ3) is 4.05. The molecular weight excluding hydrogens is 313 g/mol. The lowest BCUT2D eigenvalue weighted by molar-refractivity contribution is 0.843. The maximum Gasteiger partial charge on any atom is 0.231 e. The summed E-state index contributed by atoms with van der Waals surface area (Å²) in [4.78, 5) is 18.4. The Balaban J connectivity index is 2.31. The van der Waals surface area contributed by atoms with Gasteiger partial charge in [0, 0.05) is 25.2 Å². The molecule has 0 radical (unpaired) electrons. The molecule has 2 aromatic rings. The van der Waals surface area contributed by atoms with Gasteiger partial charge in [-0.3, -0.25) is 0 Å². The molecule has 21 heavy (non-hydrogen) atoms. The van der Waals surface area contributed by atoms with E-state index in [1.807, 2.05) is 13.8 Å². The minimum Gasteiger partial charge on any atom is -0.368 e. The number of hydrogen-bond donors (Lipinski definition) is 2. The van der Waals surface area contributed by atoms with E-state index in [1.165, 1.54) is 6.07 Å². The highest BCUT2D eigenvalue weighted by molar-refractivity contribution is 6.30. The molecule has 0 aliphatic rings. The molecule has 0 aliphatic carbocycles. The molecule has 112 valence electrons. The number of nitrogens with one attached hydrogen (secondary N) is 1. The van der Waals surface area contributed by atoms with E-state index in [0.717, 1.165) is 18.9 Å². The lowest BCUT2D eigenvalue weighted by Crippen LogP contribution is -2.23. The van der Waals surface area contributed by atoms with Crippen LogP contribution in [0.5, 0.6) is 0 Å². The molecule has 0 aromatic carbocycles. The Hall–Kier alpha value is -1.86. The fourth-order valence-corrected chi connectivity index (χ4v) is 2.15. The Morgan fingerprint density at radius 1 is 1.05 bits per heavy atom. The first-order valence-corrected chi connectivity index (χ1v) is 7.14. The molecule has 0 saturated carbocycles. The van der Waals surface area contributed by atoms with E-state index in [2.05, 4.69) is 30.2 Å². The maximum atomic E-state index is 6.04. The Morgan fingerprint density at radius 2 is 1.71 bits per heavy atom. The Labute approximate surface area is 132 Å². The van der Waals surface area contributed by atoms with Gasteiger partial charge in [0.2, 0.25) is 11.9 Å². The summed E-state index contributed by atoms with van der Waals surface area (Å²) in [7, 11) is 0. The molecule has 0 fully saturated rings. The normalized spacial score (nSPS) is 10.5. The van der Waals surface area contributed by atoms with Gasteiger partial charge in [-0.25, -0.2) is 9.97 Å². The van der Waals surface area contributed by atoms with Gasteiger partial charge >= 0.3 is 0 Å². The summed E-state index contributed by atoms with van der Waals surface area (Å²) in [5.74, 6) is 1.52. The molecular formula is C12H15Cl2N7. The van der Waals surface area contributed by atoms with Crippen LogP contribution in [0.25, 0.3) is 0 Å². The molecule has 0 atom stereocenters. The summed E-state index contributed by atoms with van der Waals surface area (Å²) in [6.07, 6.45) is 0. The van der Waals surface area contributed by atoms with E-state index < -0.39 is 0 Å². The van der Waals surface area contributed by atoms with Crippen molar-refractivity contribution in [2.45, 2.75) is 13.8 Å². The minimum atomic E-state index is 0.0657. The van der Waals surface area contributed by atoms with Crippen molar-refractivity contribution in [3.8, 4) is 0 Å². The summed E-state index contributed by atoms with van der Waals surface area (Å²) >= 11 is 11.9. The standard InChI is InChI=1S/C12H15Cl2N7/c1-3-21(4-2)10-6-8(14)17-12(20-10)19-9-5-7(13)16-11(15)18-9/h5-6H,3-4H2,1-2H3,(H3,15,16,17,18,19,20). The zero-order valence-electron chi connectivity index (χ0n) is 11.6. The van der Waals surface area contributed by atoms with E-state index in [4.69, 9.17) is 28.9 Å². The van der Waals surface area contributed by atoms with Crippen molar-refractivity contribution < 1.29 is 0 Å². The summed E-state index contributed by atoms with van der Waals surface area (Å²) < 4.78 is 0. The van der Waals surface area contributed by atoms with Gasteiger partial charge in [0.05, 0.1) is 0 Å². The molecule has 2 aromatic heterocycles. The number of anilines is 4. The number of nitrogens with zero attached hydrogens (tertiary/aromatic N) is 5. The average Bonchev–Trinajstić information content (AvgIpc) is 2.38. The number of rotatable bonds is 5. The molecule has 2 heterocycles. The highest BCUT2D eigenvalue weighted by atomic mass is 35.5. The molecule has 0 unspecified atom stereocenters. The SMILES string of the molecule is CCN(CC)c1cc(Cl)nc(Nc2cc(Cl)nc(N)n2)n1. The van der Waals surface area contributed by atoms with Crippen LogP contribution in [-0.4, -0.2) is 33.0 Å². The van der Waals surface area contributed by atoms with Gasteiger partial charge in [-0.05, 0) is 13.8 Å². The lowest BCUT2D eigenvalue weighted by Gasteiger charge is -2.20. The van der Waals surface area contributed by atoms with Gasteiger partial charge in [0.1, 0.15) is 21.9 Å². The first kappa shape index (κ1) is 15.5. The molecule has 0 bridgehead atoms. The predicted octanol–water partition coefficient (Wildman–Crippen LogP) is 2.75. The Bertz CT molecular complexity index is 611. The zero-order valence-corrected chi connectivity index (χ0v) is 13.2. The molecule has 9 heteroatoms. The highest BCUT2D eigenvalue weighted by Crippen LogP contribution is 2.21. The van der Waals surface area contributed by atoms with Gasteiger partial charge in [0.25, 0.3) is 0 Å². The Kier molecular flexibility index (Phi) is 4.98. The minimum absolute atomic E-state index is 0.0657. The number of halogens is 2. The molecule has 7 nitrogen and oxygen atoms in total. The average molecular weight is 328 g/mol. The van der Waals surface area contributed by atoms with Crippen molar-refractivity contribution >= 4 is 46.7 Å². The smallest absolute Gasteiger partial charge is 0.231 e. The quantitative estimate of drug-likeness (QED) is 0.815. The topological polar surface area (TPSA) is 92.9 Å². The summed E-state index contributed by atoms with van der Waals surface area (Å²) in [6, 6.07) is 3.24. The van der Waals surface area contributed by atoms with E-state index in [-0.39, 0.29) is 11.1 Å². The lowest BCUT2D eigenvalue weighted by atomic mass is 10.4. The summed E-state index contributed by atoms with van der Waals surface area (Å²) in [5, 5.41) is 3.49. The van der Waals surface area contributed by atoms with Gasteiger partial charge in [-0.1, -0.05) is 23.2 Å². The van der Waals surface area contributed by atoms with Crippen molar-refractivity contribution in [2.24, 2.45) is 0 Å². The monoisotopic (exact) mass is 327 g/mol. The van der Waals surface area contributed by atoms with Crippen molar-refractivity contribution in [3.63, 3.8) is 0 Å². The van der Waals surface area contributed by atoms with Gasteiger partial charge in [-0.2, -0.15) is 9.97 Å². The fraction of sp³-hybridized carbons (Fsp3) is 0.333. The third-order valence-corrected chi connectivity index (χ3v) is 3.11. The van der Waals surface area contributed by atoms with Crippen LogP contribution in [0.15, 0.2) is 12.1 Å². The number of hydrogen-bond acceptors (Lipinski definition) is 7. The Morgan fingerprint density at radius 3 is 2.33 bits per heavy atom. The van der Waals surface area contributed by atoms with Crippen LogP contribution < -0.4 is 16.0 Å². The van der Waals surface area contributed by atoms with Crippen molar-refractivity contribution in [1.82, 2.24) is 19.9 Å². The number of nitrogens with two attached hydrogens (primary N) is 1. The van der Waals surface area contributed by atoms with Gasteiger partial charge < -0.3 is 16.0 Å². The fourth-order valence-electron chi connectivity index (χ4n) is 1.79. The van der Waals surface area contributed by atoms with E-state index in [0.29, 0.717) is 16.9 Å². The van der Waals surface area contributed by atoms with Crippen LogP contribution in [0, 0.1) is 0 Å².